The van der Waals surface area contributed by atoms with E-state index in [-0.39, 0.29) is 37.5 Å². The molecule has 0 fully saturated rings. The Kier molecular flexibility index (Phi) is 61.8. The number of hydrogen-bond acceptors (Lipinski definition) is 6. The first-order chi connectivity index (χ1) is 38.0. The van der Waals surface area contributed by atoms with Crippen LogP contribution in [0.1, 0.15) is 316 Å². The second kappa shape index (κ2) is 64.9. The summed E-state index contributed by atoms with van der Waals surface area (Å²) in [6.45, 7) is 6.38. The maximum atomic E-state index is 12.9. The molecule has 1 unspecified atom stereocenters. The maximum absolute atomic E-state index is 12.9. The lowest BCUT2D eigenvalue weighted by atomic mass is 10.0. The Bertz CT molecular complexity index is 1510. The van der Waals surface area contributed by atoms with Crippen molar-refractivity contribution in [1.29, 1.82) is 0 Å². The molecular weight excluding hydrogens is 949 g/mol. The van der Waals surface area contributed by atoms with Crippen LogP contribution in [0.5, 0.6) is 0 Å². The Labute approximate surface area is 477 Å². The number of unbranched alkanes of at least 4 members (excludes halogenated alkanes) is 32. The van der Waals surface area contributed by atoms with Crippen LogP contribution in [0.15, 0.2) is 97.2 Å². The lowest BCUT2D eigenvalue weighted by molar-refractivity contribution is -0.166. The van der Waals surface area contributed by atoms with Crippen LogP contribution >= 0.6 is 0 Å². The molecule has 0 radical (unpaired) electrons. The van der Waals surface area contributed by atoms with Gasteiger partial charge in [-0.25, -0.2) is 0 Å². The van der Waals surface area contributed by atoms with Crippen LogP contribution in [-0.4, -0.2) is 37.2 Å². The first-order valence-electron chi connectivity index (χ1n) is 32.7. The average Bonchev–Trinajstić information content (AvgIpc) is 3.43. The first kappa shape index (κ1) is 73.3. The van der Waals surface area contributed by atoms with Crippen LogP contribution in [-0.2, 0) is 28.6 Å². The summed E-state index contributed by atoms with van der Waals surface area (Å²) in [5, 5.41) is 0. The van der Waals surface area contributed by atoms with Gasteiger partial charge in [0.25, 0.3) is 0 Å². The van der Waals surface area contributed by atoms with E-state index in [2.05, 4.69) is 112 Å². The molecule has 1 atom stereocenters. The second-order valence-electron chi connectivity index (χ2n) is 21.6. The maximum Gasteiger partial charge on any atom is 0.306 e. The fraction of sp³-hybridized carbons (Fsp3) is 0.732. The van der Waals surface area contributed by atoms with Gasteiger partial charge in [-0.2, -0.15) is 0 Å². The van der Waals surface area contributed by atoms with E-state index in [1.807, 2.05) is 6.08 Å². The van der Waals surface area contributed by atoms with E-state index >= 15 is 0 Å². The summed E-state index contributed by atoms with van der Waals surface area (Å²) in [6.07, 6.45) is 87.3. The molecule has 0 N–H and O–H groups in total. The lowest BCUT2D eigenvalue weighted by Gasteiger charge is -2.18. The first-order valence-corrected chi connectivity index (χ1v) is 32.7. The van der Waals surface area contributed by atoms with Crippen molar-refractivity contribution in [3.05, 3.63) is 97.2 Å². The Morgan fingerprint density at radius 2 is 0.532 bits per heavy atom. The van der Waals surface area contributed by atoms with E-state index < -0.39 is 6.10 Å². The van der Waals surface area contributed by atoms with E-state index in [1.165, 1.54) is 180 Å². The van der Waals surface area contributed by atoms with Crippen LogP contribution in [0.4, 0.5) is 0 Å². The van der Waals surface area contributed by atoms with Gasteiger partial charge in [-0.1, -0.05) is 311 Å². The molecule has 77 heavy (non-hydrogen) atoms. The predicted octanol–water partition coefficient (Wildman–Crippen LogP) is 22.4. The Hall–Kier alpha value is -3.67. The summed E-state index contributed by atoms with van der Waals surface area (Å²) < 4.78 is 16.9. The highest BCUT2D eigenvalue weighted by atomic mass is 16.6. The zero-order valence-electron chi connectivity index (χ0n) is 50.7. The fourth-order valence-corrected chi connectivity index (χ4v) is 9.27. The van der Waals surface area contributed by atoms with Gasteiger partial charge in [-0.15, -0.1) is 0 Å². The molecule has 0 aliphatic carbocycles. The Morgan fingerprint density at radius 3 is 0.870 bits per heavy atom. The van der Waals surface area contributed by atoms with Gasteiger partial charge < -0.3 is 14.2 Å². The number of ether oxygens (including phenoxy) is 3. The van der Waals surface area contributed by atoms with Crippen molar-refractivity contribution in [2.45, 2.75) is 322 Å². The van der Waals surface area contributed by atoms with Crippen LogP contribution in [0.25, 0.3) is 0 Å². The van der Waals surface area contributed by atoms with E-state index in [9.17, 15) is 14.4 Å². The molecule has 0 rings (SSSR count). The number of rotatable bonds is 59. The third-order valence-electron chi connectivity index (χ3n) is 14.1. The zero-order chi connectivity index (χ0) is 55.7. The van der Waals surface area contributed by atoms with Gasteiger partial charge in [0.2, 0.25) is 0 Å². The minimum absolute atomic E-state index is 0.0957. The molecule has 0 amide bonds. The minimum atomic E-state index is -0.804. The molecule has 442 valence electrons. The van der Waals surface area contributed by atoms with E-state index in [0.29, 0.717) is 19.3 Å². The van der Waals surface area contributed by atoms with Gasteiger partial charge in [0.15, 0.2) is 6.10 Å². The molecule has 0 aromatic carbocycles. The van der Waals surface area contributed by atoms with Gasteiger partial charge in [0.05, 0.1) is 0 Å². The molecule has 0 aliphatic rings. The van der Waals surface area contributed by atoms with Crippen molar-refractivity contribution in [3.8, 4) is 0 Å². The molecule has 0 aromatic heterocycles. The third-order valence-corrected chi connectivity index (χ3v) is 14.1. The van der Waals surface area contributed by atoms with Crippen molar-refractivity contribution in [1.82, 2.24) is 0 Å². The lowest BCUT2D eigenvalue weighted by Crippen LogP contribution is -2.30. The minimum Gasteiger partial charge on any atom is -0.462 e. The summed E-state index contributed by atoms with van der Waals surface area (Å²) in [7, 11) is 0. The highest BCUT2D eigenvalue weighted by Gasteiger charge is 2.19. The molecular formula is C71H122O6. The smallest absolute Gasteiger partial charge is 0.306 e. The average molecular weight is 1070 g/mol. The molecule has 0 spiro atoms. The Balaban J connectivity index is 4.25. The number of carbonyl (C=O) groups excluding carboxylic acids is 3. The van der Waals surface area contributed by atoms with E-state index in [1.54, 1.807) is 0 Å². The van der Waals surface area contributed by atoms with E-state index in [0.717, 1.165) is 89.9 Å². The summed E-state index contributed by atoms with van der Waals surface area (Å²) >= 11 is 0. The van der Waals surface area contributed by atoms with Crippen LogP contribution in [0.2, 0.25) is 0 Å². The van der Waals surface area contributed by atoms with Crippen LogP contribution in [0.3, 0.4) is 0 Å². The van der Waals surface area contributed by atoms with Gasteiger partial charge in [-0.05, 0) is 83.5 Å². The highest BCUT2D eigenvalue weighted by molar-refractivity contribution is 5.71. The SMILES string of the molecule is CC/C=C\C/C=C\C/C=C\C/C=C\CCCCCCCCCCCCCCCCCCC(=O)OCC(COC(=O)CC/C=C\C/C=C\C/C=C\C/C=C\CC)OC(=O)CCCCCCCCCCCCCCCCCCC. The van der Waals surface area contributed by atoms with Crippen molar-refractivity contribution in [2.75, 3.05) is 13.2 Å². The summed E-state index contributed by atoms with van der Waals surface area (Å²) in [4.78, 5) is 38.2. The van der Waals surface area contributed by atoms with Crippen molar-refractivity contribution in [2.24, 2.45) is 0 Å². The normalized spacial score (nSPS) is 12.7. The molecule has 0 saturated heterocycles. The van der Waals surface area contributed by atoms with Crippen LogP contribution in [0, 0.1) is 0 Å². The Morgan fingerprint density at radius 1 is 0.273 bits per heavy atom. The molecule has 0 saturated carbocycles. The molecule has 0 bridgehead atoms. The third kappa shape index (κ3) is 63.0. The topological polar surface area (TPSA) is 78.9 Å². The fourth-order valence-electron chi connectivity index (χ4n) is 9.27. The van der Waals surface area contributed by atoms with Crippen molar-refractivity contribution in [3.63, 3.8) is 0 Å². The van der Waals surface area contributed by atoms with Crippen molar-refractivity contribution >= 4 is 17.9 Å². The number of allylic oxidation sites excluding steroid dienone is 16. The molecule has 0 aromatic rings. The molecule has 0 aliphatic heterocycles. The molecule has 6 nitrogen and oxygen atoms in total. The number of hydrogen-bond donors (Lipinski definition) is 0. The van der Waals surface area contributed by atoms with Gasteiger partial charge in [0, 0.05) is 19.3 Å². The molecule has 6 heteroatoms. The zero-order valence-corrected chi connectivity index (χ0v) is 50.7. The quantitative estimate of drug-likeness (QED) is 0.0261. The summed E-state index contributed by atoms with van der Waals surface area (Å²) in [6, 6.07) is 0. The highest BCUT2D eigenvalue weighted by Crippen LogP contribution is 2.17. The summed E-state index contributed by atoms with van der Waals surface area (Å²) in [5.74, 6) is -0.967. The standard InChI is InChI=1S/C71H122O6/c1-4-7-10-13-16-19-22-25-27-29-30-31-32-33-34-35-36-37-38-39-40-42-43-46-49-52-55-58-61-64-70(73)76-67-68(66-75-69(72)63-60-57-54-51-48-45-24-21-18-15-12-9-6-3)77-71(74)65-62-59-56-53-50-47-44-41-28-26-23-20-17-14-11-8-5-2/h7,9-10,12,16,18-19,21,25,27,30-31,45,48,54,57,68H,4-6,8,11,13-15,17,20,22-24,26,28-29,32-44,46-47,49-53,55-56,58-67H2,1-3H3/b10-7-,12-9-,19-16-,21-18-,27-25-,31-30-,48-45-,57-54-. The largest absolute Gasteiger partial charge is 0.462 e. The van der Waals surface area contributed by atoms with E-state index in [4.69, 9.17) is 14.2 Å². The van der Waals surface area contributed by atoms with Gasteiger partial charge >= 0.3 is 17.9 Å². The van der Waals surface area contributed by atoms with Crippen molar-refractivity contribution < 1.29 is 28.6 Å². The number of esters is 3. The van der Waals surface area contributed by atoms with Crippen LogP contribution < -0.4 is 0 Å². The van der Waals surface area contributed by atoms with Gasteiger partial charge in [0.1, 0.15) is 13.2 Å². The second-order valence-corrected chi connectivity index (χ2v) is 21.6. The number of carbonyl (C=O) groups is 3. The molecule has 0 heterocycles. The predicted molar refractivity (Wildman–Crippen MR) is 334 cm³/mol. The van der Waals surface area contributed by atoms with Gasteiger partial charge in [-0.3, -0.25) is 14.4 Å². The summed E-state index contributed by atoms with van der Waals surface area (Å²) in [5.41, 5.74) is 0. The monoisotopic (exact) mass is 1070 g/mol.